The van der Waals surface area contributed by atoms with Gasteiger partial charge >= 0.3 is 6.09 Å². The maximum Gasteiger partial charge on any atom is 0.407 e. The second-order valence-electron chi connectivity index (χ2n) is 12.5. The molecule has 1 saturated carbocycles. The van der Waals surface area contributed by atoms with Crippen molar-refractivity contribution in [3.05, 3.63) is 123 Å². The standard InChI is InChI=1S/C25H31F2N3O6S2.C13H12/c1-35-24(33)29-12-23(32)28-11-19-3-5-22(37-19)21(14-31)30(13-16-9-25(26,27)10-16)38(34)20-4-2-17-6-7-36-15-18(17)8-20;1-3-7-12(8-4-1)11-13-9-5-2-6-10-13/h2-5,8,16,21,31H,6-7,9-15H2,1H3,(H,28,32)(H,29,33);1-10H,11H2. The van der Waals surface area contributed by atoms with Crippen molar-refractivity contribution >= 4 is 34.3 Å². The molecule has 0 spiro atoms. The van der Waals surface area contributed by atoms with E-state index in [0.717, 1.165) is 28.8 Å². The predicted octanol–water partition coefficient (Wildman–Crippen LogP) is 6.17. The number of nitrogens with one attached hydrogen (secondary N) is 2. The van der Waals surface area contributed by atoms with Crippen LogP contribution in [0.3, 0.4) is 0 Å². The van der Waals surface area contributed by atoms with Gasteiger partial charge in [-0.3, -0.25) is 4.79 Å². The van der Waals surface area contributed by atoms with Crippen molar-refractivity contribution in [3.63, 3.8) is 0 Å². The molecular weight excluding hydrogens is 697 g/mol. The summed E-state index contributed by atoms with van der Waals surface area (Å²) in [5.41, 5.74) is 4.82. The Labute approximate surface area is 303 Å². The quantitative estimate of drug-likeness (QED) is 0.151. The molecule has 2 heterocycles. The first kappa shape index (κ1) is 38.2. The molecule has 0 bridgehead atoms. The predicted molar refractivity (Wildman–Crippen MR) is 193 cm³/mol. The molecule has 1 aromatic heterocycles. The monoisotopic (exact) mass is 739 g/mol. The summed E-state index contributed by atoms with van der Waals surface area (Å²) < 4.78 is 52.6. The Balaban J connectivity index is 0.000000323. The molecule has 2 atom stereocenters. The van der Waals surface area contributed by atoms with Crippen molar-refractivity contribution < 1.29 is 37.2 Å². The maximum absolute atomic E-state index is 13.8. The van der Waals surface area contributed by atoms with Gasteiger partial charge in [-0.15, -0.1) is 11.3 Å². The van der Waals surface area contributed by atoms with E-state index in [0.29, 0.717) is 23.0 Å². The number of thiophene rings is 1. The number of carbonyl (C=O) groups is 2. The number of hydrogen-bond acceptors (Lipinski definition) is 7. The SMILES string of the molecule is COC(=O)NCC(=O)NCc1ccc(C(CO)N(CC2CC(F)(F)C2)S(=O)c2ccc3c(c2)COCC3)s1.c1ccc(Cc2ccccc2)cc1. The molecule has 272 valence electrons. The largest absolute Gasteiger partial charge is 0.453 e. The second kappa shape index (κ2) is 18.5. The number of fused-ring (bicyclic) bond motifs is 1. The van der Waals surface area contributed by atoms with E-state index in [1.165, 1.54) is 29.6 Å². The van der Waals surface area contributed by atoms with Crippen LogP contribution in [0.4, 0.5) is 13.6 Å². The molecule has 0 radical (unpaired) electrons. The average Bonchev–Trinajstić information content (AvgIpc) is 3.61. The van der Waals surface area contributed by atoms with Gasteiger partial charge in [0.25, 0.3) is 0 Å². The number of benzene rings is 3. The van der Waals surface area contributed by atoms with E-state index in [1.54, 1.807) is 22.5 Å². The highest BCUT2D eigenvalue weighted by molar-refractivity contribution is 7.82. The Bertz CT molecular complexity index is 1710. The number of ether oxygens (including phenoxy) is 2. The van der Waals surface area contributed by atoms with Gasteiger partial charge in [-0.1, -0.05) is 66.7 Å². The van der Waals surface area contributed by atoms with Crippen LogP contribution in [-0.4, -0.2) is 65.0 Å². The lowest BCUT2D eigenvalue weighted by molar-refractivity contribution is -0.120. The molecule has 3 N–H and O–H groups in total. The highest BCUT2D eigenvalue weighted by Gasteiger charge is 2.47. The first-order valence-corrected chi connectivity index (χ1v) is 18.7. The number of amides is 2. The summed E-state index contributed by atoms with van der Waals surface area (Å²) in [4.78, 5) is 25.1. The fraction of sp³-hybridized carbons (Fsp3) is 0.368. The van der Waals surface area contributed by atoms with E-state index in [1.807, 2.05) is 12.1 Å². The average molecular weight is 740 g/mol. The summed E-state index contributed by atoms with van der Waals surface area (Å²) in [6.07, 6.45) is 0.529. The molecular formula is C38H43F2N3O6S2. The lowest BCUT2D eigenvalue weighted by atomic mass is 9.81. The molecule has 1 fully saturated rings. The maximum atomic E-state index is 13.8. The zero-order valence-corrected chi connectivity index (χ0v) is 30.0. The van der Waals surface area contributed by atoms with Crippen LogP contribution in [0.15, 0.2) is 95.9 Å². The zero-order chi connectivity index (χ0) is 36.2. The van der Waals surface area contributed by atoms with Gasteiger partial charge in [-0.05, 0) is 65.3 Å². The molecule has 4 aromatic rings. The van der Waals surface area contributed by atoms with Crippen molar-refractivity contribution in [2.75, 3.05) is 33.4 Å². The molecule has 1 aliphatic heterocycles. The van der Waals surface area contributed by atoms with Crippen LogP contribution in [-0.2, 0) is 51.2 Å². The van der Waals surface area contributed by atoms with Gasteiger partial charge in [-0.2, -0.15) is 0 Å². The van der Waals surface area contributed by atoms with E-state index in [2.05, 4.69) is 76.0 Å². The Morgan fingerprint density at radius 2 is 1.69 bits per heavy atom. The number of aliphatic hydroxyl groups excluding tert-OH is 1. The summed E-state index contributed by atoms with van der Waals surface area (Å²) in [6.45, 7) is 0.783. The fourth-order valence-corrected chi connectivity index (χ4v) is 8.54. The topological polar surface area (TPSA) is 117 Å². The second-order valence-corrected chi connectivity index (χ2v) is 15.1. The highest BCUT2D eigenvalue weighted by Crippen LogP contribution is 2.44. The van der Waals surface area contributed by atoms with Gasteiger partial charge in [0.15, 0.2) is 0 Å². The van der Waals surface area contributed by atoms with E-state index in [4.69, 9.17) is 4.74 Å². The van der Waals surface area contributed by atoms with Crippen LogP contribution in [0, 0.1) is 5.92 Å². The molecule has 6 rings (SSSR count). The Morgan fingerprint density at radius 1 is 1.00 bits per heavy atom. The summed E-state index contributed by atoms with van der Waals surface area (Å²) in [5, 5.41) is 15.3. The number of methoxy groups -OCH3 is 1. The van der Waals surface area contributed by atoms with Gasteiger partial charge in [0.05, 0.1) is 44.4 Å². The van der Waals surface area contributed by atoms with Crippen molar-refractivity contribution in [3.8, 4) is 0 Å². The number of hydrogen-bond donors (Lipinski definition) is 3. The van der Waals surface area contributed by atoms with E-state index in [-0.39, 0.29) is 45.0 Å². The van der Waals surface area contributed by atoms with Crippen LogP contribution in [0.5, 0.6) is 0 Å². The lowest BCUT2D eigenvalue weighted by Gasteiger charge is -2.39. The van der Waals surface area contributed by atoms with Crippen LogP contribution < -0.4 is 10.6 Å². The third-order valence-corrected chi connectivity index (χ3v) is 11.3. The molecule has 0 saturated heterocycles. The first-order valence-electron chi connectivity index (χ1n) is 16.8. The normalized spacial score (nSPS) is 16.1. The zero-order valence-electron chi connectivity index (χ0n) is 28.4. The third-order valence-electron chi connectivity index (χ3n) is 8.64. The van der Waals surface area contributed by atoms with E-state index in [9.17, 15) is 27.7 Å². The van der Waals surface area contributed by atoms with Crippen LogP contribution in [0.2, 0.25) is 0 Å². The lowest BCUT2D eigenvalue weighted by Crippen LogP contribution is -2.44. The highest BCUT2D eigenvalue weighted by atomic mass is 32.2. The number of alkyl carbamates (subject to hydrolysis) is 1. The molecule has 13 heteroatoms. The molecule has 3 aromatic carbocycles. The molecule has 51 heavy (non-hydrogen) atoms. The number of halogens is 2. The Morgan fingerprint density at radius 3 is 2.31 bits per heavy atom. The van der Waals surface area contributed by atoms with Crippen LogP contribution in [0.1, 0.15) is 50.9 Å². The van der Waals surface area contributed by atoms with Gasteiger partial charge in [0.2, 0.25) is 11.8 Å². The molecule has 9 nitrogen and oxygen atoms in total. The van der Waals surface area contributed by atoms with Gasteiger partial charge in [-0.25, -0.2) is 22.1 Å². The third kappa shape index (κ3) is 11.2. The van der Waals surface area contributed by atoms with Gasteiger partial charge < -0.3 is 25.2 Å². The molecule has 1 aliphatic carbocycles. The number of carbonyl (C=O) groups excluding carboxylic acids is 2. The number of alkyl halides is 2. The Kier molecular flexibility index (Phi) is 13.8. The van der Waals surface area contributed by atoms with Crippen LogP contribution >= 0.6 is 11.3 Å². The van der Waals surface area contributed by atoms with Crippen molar-refractivity contribution in [1.82, 2.24) is 14.9 Å². The summed E-state index contributed by atoms with van der Waals surface area (Å²) in [6, 6.07) is 29.5. The molecule has 2 unspecified atom stereocenters. The summed E-state index contributed by atoms with van der Waals surface area (Å²) >= 11 is 1.32. The van der Waals surface area contributed by atoms with E-state index < -0.39 is 35.0 Å². The fourth-order valence-electron chi connectivity index (χ4n) is 5.96. The van der Waals surface area contributed by atoms with Crippen molar-refractivity contribution in [1.29, 1.82) is 0 Å². The minimum Gasteiger partial charge on any atom is -0.453 e. The van der Waals surface area contributed by atoms with E-state index >= 15 is 0 Å². The smallest absolute Gasteiger partial charge is 0.407 e. The van der Waals surface area contributed by atoms with Crippen LogP contribution in [0.25, 0.3) is 0 Å². The van der Waals surface area contributed by atoms with Crippen molar-refractivity contribution in [2.24, 2.45) is 5.92 Å². The molecule has 2 aliphatic rings. The van der Waals surface area contributed by atoms with Gasteiger partial charge in [0.1, 0.15) is 17.5 Å². The minimum atomic E-state index is -2.72. The Hall–Kier alpha value is -4.01. The van der Waals surface area contributed by atoms with Gasteiger partial charge in [0, 0.05) is 29.1 Å². The van der Waals surface area contributed by atoms with Crippen molar-refractivity contribution in [2.45, 2.75) is 55.7 Å². The number of rotatable bonds is 13. The number of nitrogens with zero attached hydrogens (tertiary/aromatic N) is 1. The molecule has 2 amide bonds. The first-order chi connectivity index (χ1) is 24.6. The summed E-state index contributed by atoms with van der Waals surface area (Å²) in [7, 11) is -0.516. The minimum absolute atomic E-state index is 0.143. The number of aliphatic hydroxyl groups is 1. The summed E-state index contributed by atoms with van der Waals surface area (Å²) in [5.74, 6) is -3.47.